The summed E-state index contributed by atoms with van der Waals surface area (Å²) in [7, 11) is 0. The van der Waals surface area contributed by atoms with E-state index in [1.54, 1.807) is 0 Å². The number of aliphatic imine (C=N–C) groups is 2. The summed E-state index contributed by atoms with van der Waals surface area (Å²) in [4.78, 5) is 8.96. The Morgan fingerprint density at radius 3 is 1.55 bits per heavy atom. The van der Waals surface area contributed by atoms with Crippen LogP contribution in [0.3, 0.4) is 0 Å². The fourth-order valence-corrected chi connectivity index (χ4v) is 3.72. The molecule has 31 heavy (non-hydrogen) atoms. The quantitative estimate of drug-likeness (QED) is 0.341. The largest absolute Gasteiger partial charge is 0.461 e. The monoisotopic (exact) mass is 416 g/mol. The van der Waals surface area contributed by atoms with E-state index in [9.17, 15) is 0 Å². The lowest BCUT2D eigenvalue weighted by molar-refractivity contribution is 0.512. The van der Waals surface area contributed by atoms with Crippen molar-refractivity contribution in [3.8, 4) is 0 Å². The van der Waals surface area contributed by atoms with Gasteiger partial charge in [0.05, 0.1) is 6.42 Å². The molecule has 0 aliphatic rings. The summed E-state index contributed by atoms with van der Waals surface area (Å²) in [6.45, 7) is 8.01. The van der Waals surface area contributed by atoms with Crippen molar-refractivity contribution >= 4 is 33.6 Å². The van der Waals surface area contributed by atoms with E-state index in [1.165, 1.54) is 0 Å². The lowest BCUT2D eigenvalue weighted by atomic mass is 10.1. The molecule has 160 valence electrons. The minimum atomic E-state index is 0.123. The van der Waals surface area contributed by atoms with E-state index < -0.39 is 0 Å². The third-order valence-electron chi connectivity index (χ3n) is 4.92. The zero-order valence-electron chi connectivity index (χ0n) is 18.3. The lowest BCUT2D eigenvalue weighted by Crippen LogP contribution is -2.15. The minimum absolute atomic E-state index is 0.123. The molecule has 0 bridgehead atoms. The van der Waals surface area contributed by atoms with Gasteiger partial charge in [-0.1, -0.05) is 24.3 Å². The van der Waals surface area contributed by atoms with Crippen LogP contribution in [0.5, 0.6) is 0 Å². The zero-order chi connectivity index (χ0) is 22.1. The highest BCUT2D eigenvalue weighted by atomic mass is 16.4. The Bertz CT molecular complexity index is 1190. The number of hydrogen-bond donors (Lipinski definition) is 2. The Morgan fingerprint density at radius 1 is 0.742 bits per heavy atom. The van der Waals surface area contributed by atoms with E-state index in [0.29, 0.717) is 18.1 Å². The van der Waals surface area contributed by atoms with Crippen LogP contribution in [0, 0.1) is 0 Å². The highest BCUT2D eigenvalue weighted by Crippen LogP contribution is 2.28. The number of fused-ring (bicyclic) bond motifs is 2. The lowest BCUT2D eigenvalue weighted by Gasteiger charge is -2.04. The summed E-state index contributed by atoms with van der Waals surface area (Å²) < 4.78 is 12.2. The van der Waals surface area contributed by atoms with Gasteiger partial charge in [0.25, 0.3) is 0 Å². The smallest absolute Gasteiger partial charge is 0.135 e. The van der Waals surface area contributed by atoms with Gasteiger partial charge in [-0.15, -0.1) is 0 Å². The summed E-state index contributed by atoms with van der Waals surface area (Å²) in [5.74, 6) is 2.62. The first-order valence-electron chi connectivity index (χ1n) is 10.5. The molecule has 6 heteroatoms. The summed E-state index contributed by atoms with van der Waals surface area (Å²) in [5.41, 5.74) is 15.8. The van der Waals surface area contributed by atoms with Crippen molar-refractivity contribution < 1.29 is 8.83 Å². The van der Waals surface area contributed by atoms with Gasteiger partial charge in [-0.2, -0.15) is 0 Å². The maximum Gasteiger partial charge on any atom is 0.135 e. The second-order valence-electron chi connectivity index (χ2n) is 8.25. The van der Waals surface area contributed by atoms with Crippen molar-refractivity contribution in [1.82, 2.24) is 0 Å². The number of rotatable bonds is 6. The molecule has 4 N–H and O–H groups in total. The predicted octanol–water partition coefficient (Wildman–Crippen LogP) is 5.00. The van der Waals surface area contributed by atoms with Gasteiger partial charge in [0.1, 0.15) is 34.4 Å². The van der Waals surface area contributed by atoms with Crippen molar-refractivity contribution in [1.29, 1.82) is 0 Å². The van der Waals surface area contributed by atoms with Gasteiger partial charge in [-0.05, 0) is 52.0 Å². The molecule has 0 saturated heterocycles. The molecule has 0 radical (unpaired) electrons. The van der Waals surface area contributed by atoms with Crippen molar-refractivity contribution in [2.45, 2.75) is 46.2 Å². The van der Waals surface area contributed by atoms with Crippen LogP contribution in [-0.4, -0.2) is 23.8 Å². The molecule has 0 fully saturated rings. The summed E-state index contributed by atoms with van der Waals surface area (Å²) in [5, 5.41) is 1.90. The Kier molecular flexibility index (Phi) is 5.55. The molecule has 0 unspecified atom stereocenters. The fraction of sp³-hybridized carbons (Fsp3) is 0.280. The maximum atomic E-state index is 6.22. The first kappa shape index (κ1) is 20.7. The van der Waals surface area contributed by atoms with Crippen LogP contribution in [0.25, 0.3) is 21.9 Å². The van der Waals surface area contributed by atoms with Gasteiger partial charge in [-0.25, -0.2) is 0 Å². The van der Waals surface area contributed by atoms with E-state index in [2.05, 4.69) is 9.98 Å². The molecule has 0 amide bonds. The Hall–Kier alpha value is -3.54. The van der Waals surface area contributed by atoms with Gasteiger partial charge in [0, 0.05) is 34.0 Å². The molecule has 0 spiro atoms. The third kappa shape index (κ3) is 4.33. The number of furan rings is 2. The highest BCUT2D eigenvalue weighted by Gasteiger charge is 2.15. The molecule has 0 atom stereocenters. The zero-order valence-corrected chi connectivity index (χ0v) is 18.3. The van der Waals surface area contributed by atoms with Crippen LogP contribution in [0.2, 0.25) is 0 Å². The second kappa shape index (κ2) is 8.30. The van der Waals surface area contributed by atoms with E-state index in [-0.39, 0.29) is 12.1 Å². The van der Waals surface area contributed by atoms with Crippen molar-refractivity contribution in [2.24, 2.45) is 21.5 Å². The topological polar surface area (TPSA) is 103 Å². The molecular weight excluding hydrogens is 388 g/mol. The van der Waals surface area contributed by atoms with Gasteiger partial charge >= 0.3 is 0 Å². The van der Waals surface area contributed by atoms with Crippen LogP contribution in [0.4, 0.5) is 0 Å². The van der Waals surface area contributed by atoms with Crippen LogP contribution < -0.4 is 11.5 Å². The van der Waals surface area contributed by atoms with Crippen LogP contribution >= 0.6 is 0 Å². The third-order valence-corrected chi connectivity index (χ3v) is 4.92. The Labute approximate surface area is 181 Å². The van der Waals surface area contributed by atoms with Crippen LogP contribution in [0.15, 0.2) is 67.4 Å². The van der Waals surface area contributed by atoms with Gasteiger partial charge in [0.15, 0.2) is 0 Å². The number of nitrogens with zero attached hydrogens (tertiary/aromatic N) is 2. The molecule has 2 heterocycles. The van der Waals surface area contributed by atoms with E-state index in [0.717, 1.165) is 44.6 Å². The highest BCUT2D eigenvalue weighted by molar-refractivity contribution is 6.09. The molecule has 2 aromatic carbocycles. The average molecular weight is 417 g/mol. The first-order valence-corrected chi connectivity index (χ1v) is 10.5. The average Bonchev–Trinajstić information content (AvgIpc) is 3.29. The first-order chi connectivity index (χ1) is 14.8. The number of amidine groups is 2. The molecule has 4 aromatic rings. The minimum Gasteiger partial charge on any atom is -0.461 e. The van der Waals surface area contributed by atoms with Gasteiger partial charge in [0.2, 0.25) is 0 Å². The SMILES string of the molecule is CC(C)N=C(N)c1cccc2oc(Cc3cc4c(C(N)=NC(C)C)cccc4o3)cc12. The Balaban J connectivity index is 1.70. The van der Waals surface area contributed by atoms with E-state index in [4.69, 9.17) is 20.3 Å². The summed E-state index contributed by atoms with van der Waals surface area (Å²) in [6.07, 6.45) is 0.519. The summed E-state index contributed by atoms with van der Waals surface area (Å²) in [6, 6.07) is 15.9. The van der Waals surface area contributed by atoms with Crippen molar-refractivity contribution in [2.75, 3.05) is 0 Å². The molecule has 0 saturated carbocycles. The van der Waals surface area contributed by atoms with Crippen molar-refractivity contribution in [3.63, 3.8) is 0 Å². The van der Waals surface area contributed by atoms with Crippen LogP contribution in [0.1, 0.15) is 50.3 Å². The molecular formula is C25H28N4O2. The molecule has 4 rings (SSSR count). The molecule has 0 aliphatic carbocycles. The van der Waals surface area contributed by atoms with Gasteiger partial charge < -0.3 is 20.3 Å². The molecule has 6 nitrogen and oxygen atoms in total. The molecule has 0 aliphatic heterocycles. The van der Waals surface area contributed by atoms with E-state index >= 15 is 0 Å². The fourth-order valence-electron chi connectivity index (χ4n) is 3.72. The second-order valence-corrected chi connectivity index (χ2v) is 8.25. The Morgan fingerprint density at radius 2 is 1.16 bits per heavy atom. The van der Waals surface area contributed by atoms with Crippen LogP contribution in [-0.2, 0) is 6.42 Å². The number of benzene rings is 2. The standard InChI is InChI=1S/C25H28N4O2/c1-14(2)28-24(26)18-7-5-9-22-20(18)12-16(30-22)11-17-13-21-19(25(27)29-15(3)4)8-6-10-23(21)31-17/h5-10,12-15H,11H2,1-4H3,(H2,26,28)(H2,27,29). The number of hydrogen-bond acceptors (Lipinski definition) is 4. The normalized spacial score (nSPS) is 13.2. The maximum absolute atomic E-state index is 6.22. The van der Waals surface area contributed by atoms with Crippen molar-refractivity contribution in [3.05, 3.63) is 71.2 Å². The van der Waals surface area contributed by atoms with E-state index in [1.807, 2.05) is 76.2 Å². The molecule has 2 aromatic heterocycles. The predicted molar refractivity (Wildman–Crippen MR) is 127 cm³/mol. The number of nitrogens with two attached hydrogens (primary N) is 2. The van der Waals surface area contributed by atoms with Gasteiger partial charge in [-0.3, -0.25) is 9.98 Å². The summed E-state index contributed by atoms with van der Waals surface area (Å²) >= 11 is 0.